The summed E-state index contributed by atoms with van der Waals surface area (Å²) in [6, 6.07) is 3.09. The van der Waals surface area contributed by atoms with Crippen LogP contribution in [0.15, 0.2) is 12.1 Å². The minimum absolute atomic E-state index is 0.0575. The molecule has 4 aliphatic rings. The van der Waals surface area contributed by atoms with Gasteiger partial charge in [0.2, 0.25) is 15.9 Å². The van der Waals surface area contributed by atoms with E-state index in [1.165, 1.54) is 0 Å². The first kappa shape index (κ1) is 22.1. The molecule has 3 fully saturated rings. The maximum atomic E-state index is 13.2. The monoisotopic (exact) mass is 480 g/mol. The number of hydrogen-bond donors (Lipinski definition) is 3. The van der Waals surface area contributed by atoms with Crippen LogP contribution in [-0.4, -0.2) is 61.5 Å². The molecule has 2 bridgehead atoms. The van der Waals surface area contributed by atoms with Crippen molar-refractivity contribution in [2.24, 2.45) is 5.92 Å². The summed E-state index contributed by atoms with van der Waals surface area (Å²) < 4.78 is 28.2. The lowest BCUT2D eigenvalue weighted by Gasteiger charge is -2.39. The highest BCUT2D eigenvalue weighted by Gasteiger charge is 2.47. The summed E-state index contributed by atoms with van der Waals surface area (Å²) >= 11 is 6.31. The van der Waals surface area contributed by atoms with Crippen molar-refractivity contribution in [3.8, 4) is 0 Å². The second-order valence-corrected chi connectivity index (χ2v) is 11.9. The molecule has 0 aliphatic carbocycles. The summed E-state index contributed by atoms with van der Waals surface area (Å²) in [5.41, 5.74) is 1.78. The van der Waals surface area contributed by atoms with E-state index in [2.05, 4.69) is 16.0 Å². The van der Waals surface area contributed by atoms with E-state index in [9.17, 15) is 18.0 Å². The smallest absolute Gasteiger partial charge is 0.253 e. The van der Waals surface area contributed by atoms with Crippen LogP contribution < -0.4 is 16.0 Å². The molecule has 0 saturated carbocycles. The Kier molecular flexibility index (Phi) is 5.94. The molecule has 2 unspecified atom stereocenters. The Labute approximate surface area is 193 Å². The Morgan fingerprint density at radius 3 is 2.62 bits per heavy atom. The van der Waals surface area contributed by atoms with E-state index in [-0.39, 0.29) is 48.0 Å². The highest BCUT2D eigenvalue weighted by molar-refractivity contribution is 7.89. The molecule has 5 rings (SSSR count). The molecule has 1 aromatic carbocycles. The summed E-state index contributed by atoms with van der Waals surface area (Å²) in [5.74, 6) is 0.00412. The van der Waals surface area contributed by atoms with Gasteiger partial charge < -0.3 is 16.0 Å². The number of anilines is 1. The van der Waals surface area contributed by atoms with E-state index in [0.717, 1.165) is 44.3 Å². The van der Waals surface area contributed by atoms with E-state index in [1.54, 1.807) is 16.4 Å². The van der Waals surface area contributed by atoms with Crippen molar-refractivity contribution in [1.29, 1.82) is 0 Å². The highest BCUT2D eigenvalue weighted by Crippen LogP contribution is 2.39. The number of benzene rings is 1. The van der Waals surface area contributed by atoms with E-state index in [4.69, 9.17) is 11.6 Å². The fraction of sp³-hybridized carbons (Fsp3) is 0.636. The van der Waals surface area contributed by atoms with Gasteiger partial charge in [-0.3, -0.25) is 9.59 Å². The van der Waals surface area contributed by atoms with Gasteiger partial charge in [0.25, 0.3) is 5.91 Å². The maximum absolute atomic E-state index is 13.2. The first-order chi connectivity index (χ1) is 15.3. The average molecular weight is 481 g/mol. The number of amides is 2. The standard InChI is InChI=1S/C22H29ClN4O4S/c23-19-10-20-14(7-21(28)26-20)6-18(19)22(29)25-15-8-16-3-4-17(9-15)27(16)32(30,31)12-13-2-1-5-24-11-13/h6,10,13,15-17,24H,1-5,7-9,11-12H2,(H,25,29)(H,26,28)/t13?,15?,16-,17+. The van der Waals surface area contributed by atoms with Crippen LogP contribution in [0, 0.1) is 5.92 Å². The molecular weight excluding hydrogens is 452 g/mol. The number of nitrogens with zero attached hydrogens (tertiary/aromatic N) is 1. The van der Waals surface area contributed by atoms with Crippen molar-refractivity contribution in [1.82, 2.24) is 14.9 Å². The third kappa shape index (κ3) is 4.27. The number of rotatable bonds is 5. The first-order valence-corrected chi connectivity index (χ1v) is 13.4. The fourth-order valence-electron chi connectivity index (χ4n) is 5.84. The van der Waals surface area contributed by atoms with Crippen LogP contribution in [0.3, 0.4) is 0 Å². The van der Waals surface area contributed by atoms with Gasteiger partial charge in [0.15, 0.2) is 0 Å². The third-order valence-electron chi connectivity index (χ3n) is 7.23. The molecule has 3 saturated heterocycles. The van der Waals surface area contributed by atoms with E-state index >= 15 is 0 Å². The molecule has 10 heteroatoms. The van der Waals surface area contributed by atoms with Gasteiger partial charge in [-0.2, -0.15) is 4.31 Å². The van der Waals surface area contributed by atoms with Gasteiger partial charge >= 0.3 is 0 Å². The second kappa shape index (κ2) is 8.59. The van der Waals surface area contributed by atoms with Gasteiger partial charge in [0.1, 0.15) is 0 Å². The molecule has 174 valence electrons. The third-order valence-corrected chi connectivity index (χ3v) is 9.67. The van der Waals surface area contributed by atoms with Gasteiger partial charge in [0.05, 0.1) is 22.8 Å². The molecule has 4 aliphatic heterocycles. The molecule has 4 atom stereocenters. The van der Waals surface area contributed by atoms with E-state index in [1.807, 2.05) is 0 Å². The summed E-state index contributed by atoms with van der Waals surface area (Å²) in [6.45, 7) is 1.73. The molecule has 4 heterocycles. The van der Waals surface area contributed by atoms with Crippen molar-refractivity contribution in [2.45, 2.75) is 63.1 Å². The van der Waals surface area contributed by atoms with Crippen LogP contribution in [0.25, 0.3) is 0 Å². The Morgan fingerprint density at radius 2 is 1.94 bits per heavy atom. The molecule has 8 nitrogen and oxygen atoms in total. The van der Waals surface area contributed by atoms with Crippen molar-refractivity contribution in [3.63, 3.8) is 0 Å². The number of carbonyl (C=O) groups excluding carboxylic acids is 2. The zero-order valence-corrected chi connectivity index (χ0v) is 19.5. The fourth-order valence-corrected chi connectivity index (χ4v) is 8.43. The van der Waals surface area contributed by atoms with Gasteiger partial charge in [0, 0.05) is 23.8 Å². The summed E-state index contributed by atoms with van der Waals surface area (Å²) in [5, 5.41) is 9.40. The lowest BCUT2D eigenvalue weighted by molar-refractivity contribution is -0.115. The highest BCUT2D eigenvalue weighted by atomic mass is 35.5. The Hall–Kier alpha value is -1.68. The van der Waals surface area contributed by atoms with Crippen LogP contribution >= 0.6 is 11.6 Å². The van der Waals surface area contributed by atoms with Crippen LogP contribution in [0.2, 0.25) is 5.02 Å². The number of nitrogens with one attached hydrogen (secondary N) is 3. The molecule has 3 N–H and O–H groups in total. The molecule has 2 amide bonds. The minimum atomic E-state index is -3.32. The zero-order valence-electron chi connectivity index (χ0n) is 17.9. The number of piperidine rings is 2. The molecule has 0 aromatic heterocycles. The molecule has 1 aromatic rings. The molecule has 0 spiro atoms. The zero-order chi connectivity index (χ0) is 22.5. The second-order valence-electron chi connectivity index (χ2n) is 9.56. The lowest BCUT2D eigenvalue weighted by Crippen LogP contribution is -2.53. The van der Waals surface area contributed by atoms with Crippen molar-refractivity contribution in [2.75, 3.05) is 24.2 Å². The number of sulfonamides is 1. The van der Waals surface area contributed by atoms with Gasteiger partial charge in [-0.05, 0) is 75.2 Å². The number of hydrogen-bond acceptors (Lipinski definition) is 5. The van der Waals surface area contributed by atoms with E-state index in [0.29, 0.717) is 29.1 Å². The summed E-state index contributed by atoms with van der Waals surface area (Å²) in [6.07, 6.45) is 5.14. The Morgan fingerprint density at radius 1 is 1.19 bits per heavy atom. The van der Waals surface area contributed by atoms with Crippen LogP contribution in [-0.2, 0) is 21.2 Å². The van der Waals surface area contributed by atoms with E-state index < -0.39 is 10.0 Å². The number of halogens is 1. The quantitative estimate of drug-likeness (QED) is 0.596. The van der Waals surface area contributed by atoms with Gasteiger partial charge in [-0.1, -0.05) is 11.6 Å². The molecule has 0 radical (unpaired) electrons. The van der Waals surface area contributed by atoms with Crippen LogP contribution in [0.5, 0.6) is 0 Å². The van der Waals surface area contributed by atoms with Gasteiger partial charge in [-0.25, -0.2) is 8.42 Å². The maximum Gasteiger partial charge on any atom is 0.253 e. The average Bonchev–Trinajstić information content (AvgIpc) is 3.24. The van der Waals surface area contributed by atoms with Gasteiger partial charge in [-0.15, -0.1) is 0 Å². The van der Waals surface area contributed by atoms with Crippen molar-refractivity contribution < 1.29 is 18.0 Å². The van der Waals surface area contributed by atoms with Crippen LogP contribution in [0.1, 0.15) is 54.4 Å². The normalized spacial score (nSPS) is 30.1. The lowest BCUT2D eigenvalue weighted by atomic mass is 9.99. The minimum Gasteiger partial charge on any atom is -0.349 e. The number of carbonyl (C=O) groups is 2. The predicted molar refractivity (Wildman–Crippen MR) is 122 cm³/mol. The Bertz CT molecular complexity index is 1030. The van der Waals surface area contributed by atoms with Crippen LogP contribution in [0.4, 0.5) is 5.69 Å². The first-order valence-electron chi connectivity index (χ1n) is 11.5. The topological polar surface area (TPSA) is 108 Å². The summed E-state index contributed by atoms with van der Waals surface area (Å²) in [4.78, 5) is 24.6. The largest absolute Gasteiger partial charge is 0.349 e. The SMILES string of the molecule is O=C1Cc2cc(C(=O)NC3C[C@H]4CC[C@@H](C3)N4S(=O)(=O)CC3CCCNC3)c(Cl)cc2N1. The van der Waals surface area contributed by atoms with Crippen molar-refractivity contribution in [3.05, 3.63) is 28.3 Å². The Balaban J connectivity index is 1.25. The number of fused-ring (bicyclic) bond motifs is 3. The predicted octanol–water partition coefficient (Wildman–Crippen LogP) is 1.89. The van der Waals surface area contributed by atoms with Crippen molar-refractivity contribution >= 4 is 39.1 Å². The molecule has 32 heavy (non-hydrogen) atoms. The summed E-state index contributed by atoms with van der Waals surface area (Å²) in [7, 11) is -3.32. The molecular formula is C22H29ClN4O4S.